The van der Waals surface area contributed by atoms with E-state index in [1.807, 2.05) is 25.1 Å². The van der Waals surface area contributed by atoms with Gasteiger partial charge in [0.15, 0.2) is 5.76 Å². The molecule has 3 nitrogen and oxygen atoms in total. The Balaban J connectivity index is 2.32. The number of ether oxygens (including phenoxy) is 1. The smallest absolute Gasteiger partial charge is 0.229 e. The average molecular weight is 356 g/mol. The van der Waals surface area contributed by atoms with Gasteiger partial charge in [0, 0.05) is 16.2 Å². The molecule has 2 aromatic rings. The molecule has 0 aliphatic heterocycles. The Bertz CT molecular complexity index is 572. The second kappa shape index (κ2) is 5.67. The Morgan fingerprint density at radius 2 is 2.11 bits per heavy atom. The van der Waals surface area contributed by atoms with E-state index in [1.165, 1.54) is 0 Å². The molecule has 1 aromatic heterocycles. The lowest BCUT2D eigenvalue weighted by Gasteiger charge is -2.04. The minimum Gasteiger partial charge on any atom is -0.455 e. The van der Waals surface area contributed by atoms with Crippen LogP contribution in [0.5, 0.6) is 0 Å². The van der Waals surface area contributed by atoms with E-state index in [0.29, 0.717) is 23.7 Å². The lowest BCUT2D eigenvalue weighted by Crippen LogP contribution is -2.03. The maximum atomic E-state index is 12.3. The number of aryl methyl sites for hydroxylation is 1. The number of ketones is 1. The molecule has 0 atom stereocenters. The molecule has 18 heavy (non-hydrogen) atoms. The zero-order valence-corrected chi connectivity index (χ0v) is 12.4. The third kappa shape index (κ3) is 2.64. The van der Waals surface area contributed by atoms with E-state index in [4.69, 9.17) is 9.15 Å². The standard InChI is InChI=1S/C14H13IO3/c1-9-4-3-5-11(13(9)15)14(16)12-7-6-10(18-12)8-17-2/h3-7H,8H2,1-2H3. The van der Waals surface area contributed by atoms with Crippen molar-refractivity contribution in [2.75, 3.05) is 7.11 Å². The Morgan fingerprint density at radius 3 is 2.83 bits per heavy atom. The fourth-order valence-electron chi connectivity index (χ4n) is 1.68. The molecule has 0 unspecified atom stereocenters. The van der Waals surface area contributed by atoms with Crippen LogP contribution in [0.4, 0.5) is 0 Å². The van der Waals surface area contributed by atoms with Crippen LogP contribution in [0.2, 0.25) is 0 Å². The maximum absolute atomic E-state index is 12.3. The lowest BCUT2D eigenvalue weighted by molar-refractivity contribution is 0.0999. The summed E-state index contributed by atoms with van der Waals surface area (Å²) >= 11 is 2.18. The normalized spacial score (nSPS) is 10.6. The summed E-state index contributed by atoms with van der Waals surface area (Å²) in [5.41, 5.74) is 1.76. The van der Waals surface area contributed by atoms with Crippen LogP contribution in [0.1, 0.15) is 27.4 Å². The molecule has 0 saturated carbocycles. The van der Waals surface area contributed by atoms with Crippen molar-refractivity contribution in [1.29, 1.82) is 0 Å². The highest BCUT2D eigenvalue weighted by atomic mass is 127. The molecular weight excluding hydrogens is 343 g/mol. The lowest BCUT2D eigenvalue weighted by atomic mass is 10.1. The van der Waals surface area contributed by atoms with E-state index in [0.717, 1.165) is 9.13 Å². The summed E-state index contributed by atoms with van der Waals surface area (Å²) in [6, 6.07) is 9.13. The number of hydrogen-bond acceptors (Lipinski definition) is 3. The molecule has 2 rings (SSSR count). The quantitative estimate of drug-likeness (QED) is 0.621. The highest BCUT2D eigenvalue weighted by Crippen LogP contribution is 2.21. The van der Waals surface area contributed by atoms with Gasteiger partial charge in [-0.1, -0.05) is 12.1 Å². The second-order valence-corrected chi connectivity index (χ2v) is 5.04. The minimum absolute atomic E-state index is 0.0922. The first-order valence-electron chi connectivity index (χ1n) is 5.51. The van der Waals surface area contributed by atoms with Crippen LogP contribution in [-0.2, 0) is 11.3 Å². The number of furan rings is 1. The van der Waals surface area contributed by atoms with Crippen LogP contribution < -0.4 is 0 Å². The predicted octanol–water partition coefficient (Wildman–Crippen LogP) is 3.57. The van der Waals surface area contributed by atoms with Gasteiger partial charge < -0.3 is 9.15 Å². The van der Waals surface area contributed by atoms with Crippen LogP contribution in [0, 0.1) is 10.5 Å². The molecule has 0 aliphatic carbocycles. The molecular formula is C14H13IO3. The van der Waals surface area contributed by atoms with Crippen LogP contribution in [0.15, 0.2) is 34.7 Å². The molecule has 0 radical (unpaired) electrons. The summed E-state index contributed by atoms with van der Waals surface area (Å²) in [5.74, 6) is 0.916. The van der Waals surface area contributed by atoms with Crippen molar-refractivity contribution in [1.82, 2.24) is 0 Å². The van der Waals surface area contributed by atoms with Crippen molar-refractivity contribution in [3.8, 4) is 0 Å². The number of rotatable bonds is 4. The fraction of sp³-hybridized carbons (Fsp3) is 0.214. The van der Waals surface area contributed by atoms with E-state index in [1.54, 1.807) is 19.2 Å². The molecule has 4 heteroatoms. The number of carbonyl (C=O) groups excluding carboxylic acids is 1. The first-order chi connectivity index (χ1) is 8.63. The van der Waals surface area contributed by atoms with E-state index in [-0.39, 0.29) is 5.78 Å². The van der Waals surface area contributed by atoms with Gasteiger partial charge in [0.2, 0.25) is 5.78 Å². The molecule has 0 spiro atoms. The number of hydrogen-bond donors (Lipinski definition) is 0. The van der Waals surface area contributed by atoms with Crippen LogP contribution in [-0.4, -0.2) is 12.9 Å². The van der Waals surface area contributed by atoms with Gasteiger partial charge in [-0.25, -0.2) is 0 Å². The number of halogens is 1. The first-order valence-corrected chi connectivity index (χ1v) is 6.59. The number of carbonyl (C=O) groups is 1. The van der Waals surface area contributed by atoms with Crippen molar-refractivity contribution in [3.05, 3.63) is 56.5 Å². The van der Waals surface area contributed by atoms with Crippen LogP contribution in [0.25, 0.3) is 0 Å². The zero-order valence-electron chi connectivity index (χ0n) is 10.2. The summed E-state index contributed by atoms with van der Waals surface area (Å²) in [6.45, 7) is 2.36. The van der Waals surface area contributed by atoms with Gasteiger partial charge in [-0.15, -0.1) is 0 Å². The van der Waals surface area contributed by atoms with Crippen LogP contribution in [0.3, 0.4) is 0 Å². The minimum atomic E-state index is -0.0922. The van der Waals surface area contributed by atoms with Gasteiger partial charge in [-0.3, -0.25) is 4.79 Å². The van der Waals surface area contributed by atoms with Gasteiger partial charge in [-0.05, 0) is 53.3 Å². The third-order valence-electron chi connectivity index (χ3n) is 2.61. The molecule has 0 bridgehead atoms. The average Bonchev–Trinajstić information content (AvgIpc) is 2.81. The largest absolute Gasteiger partial charge is 0.455 e. The highest BCUT2D eigenvalue weighted by molar-refractivity contribution is 14.1. The summed E-state index contributed by atoms with van der Waals surface area (Å²) in [4.78, 5) is 12.3. The Hall–Kier alpha value is -1.14. The van der Waals surface area contributed by atoms with E-state index < -0.39 is 0 Å². The SMILES string of the molecule is COCc1ccc(C(=O)c2cccc(C)c2I)o1. The summed E-state index contributed by atoms with van der Waals surface area (Å²) < 4.78 is 11.4. The molecule has 0 aliphatic rings. The highest BCUT2D eigenvalue weighted by Gasteiger charge is 2.17. The van der Waals surface area contributed by atoms with Gasteiger partial charge in [0.25, 0.3) is 0 Å². The topological polar surface area (TPSA) is 39.4 Å². The maximum Gasteiger partial charge on any atom is 0.229 e. The van der Waals surface area contributed by atoms with Crippen LogP contribution >= 0.6 is 22.6 Å². The van der Waals surface area contributed by atoms with Crippen molar-refractivity contribution >= 4 is 28.4 Å². The third-order valence-corrected chi connectivity index (χ3v) is 4.04. The monoisotopic (exact) mass is 356 g/mol. The molecule has 94 valence electrons. The number of benzene rings is 1. The number of methoxy groups -OCH3 is 1. The Morgan fingerprint density at radius 1 is 1.33 bits per heavy atom. The molecule has 0 fully saturated rings. The van der Waals surface area contributed by atoms with Crippen molar-refractivity contribution in [2.45, 2.75) is 13.5 Å². The zero-order chi connectivity index (χ0) is 13.1. The van der Waals surface area contributed by atoms with Gasteiger partial charge >= 0.3 is 0 Å². The first kappa shape index (κ1) is 13.3. The molecule has 0 N–H and O–H groups in total. The molecule has 1 heterocycles. The second-order valence-electron chi connectivity index (χ2n) is 3.96. The van der Waals surface area contributed by atoms with E-state index in [2.05, 4.69) is 22.6 Å². The Labute approximate surface area is 119 Å². The molecule has 0 amide bonds. The van der Waals surface area contributed by atoms with E-state index >= 15 is 0 Å². The summed E-state index contributed by atoms with van der Waals surface area (Å²) in [5, 5.41) is 0. The van der Waals surface area contributed by atoms with E-state index in [9.17, 15) is 4.79 Å². The van der Waals surface area contributed by atoms with Gasteiger partial charge in [-0.2, -0.15) is 0 Å². The van der Waals surface area contributed by atoms with Crippen molar-refractivity contribution in [3.63, 3.8) is 0 Å². The Kier molecular flexibility index (Phi) is 4.19. The predicted molar refractivity (Wildman–Crippen MR) is 76.7 cm³/mol. The summed E-state index contributed by atoms with van der Waals surface area (Å²) in [6.07, 6.45) is 0. The fourth-order valence-corrected chi connectivity index (χ4v) is 2.28. The van der Waals surface area contributed by atoms with Gasteiger partial charge in [0.05, 0.1) is 0 Å². The van der Waals surface area contributed by atoms with Crippen molar-refractivity contribution in [2.24, 2.45) is 0 Å². The summed E-state index contributed by atoms with van der Waals surface area (Å²) in [7, 11) is 1.59. The molecule has 0 saturated heterocycles. The van der Waals surface area contributed by atoms with Crippen molar-refractivity contribution < 1.29 is 13.9 Å². The molecule has 1 aromatic carbocycles. The van der Waals surface area contributed by atoms with Gasteiger partial charge in [0.1, 0.15) is 12.4 Å².